The Bertz CT molecular complexity index is 639. The van der Waals surface area contributed by atoms with Gasteiger partial charge < -0.3 is 20.7 Å². The minimum absolute atomic E-state index is 0.418. The molecule has 21 heavy (non-hydrogen) atoms. The first-order chi connectivity index (χ1) is 10.2. The third-order valence-electron chi connectivity index (χ3n) is 3.05. The summed E-state index contributed by atoms with van der Waals surface area (Å²) in [6.07, 6.45) is 1.46. The first kappa shape index (κ1) is 13.8. The zero-order chi connectivity index (χ0) is 14.7. The summed E-state index contributed by atoms with van der Waals surface area (Å²) in [7, 11) is 0. The Kier molecular flexibility index (Phi) is 3.98. The number of morpholine rings is 1. The van der Waals surface area contributed by atoms with Crippen LogP contribution in [0.25, 0.3) is 0 Å². The van der Waals surface area contributed by atoms with Crippen LogP contribution in [0.1, 0.15) is 9.67 Å². The third-order valence-corrected chi connectivity index (χ3v) is 3.98. The second-order valence-corrected chi connectivity index (χ2v) is 5.53. The summed E-state index contributed by atoms with van der Waals surface area (Å²) in [5, 5.41) is 3.68. The van der Waals surface area contributed by atoms with Crippen LogP contribution < -0.4 is 16.0 Å². The van der Waals surface area contributed by atoms with Crippen molar-refractivity contribution in [1.29, 1.82) is 0 Å². The van der Waals surface area contributed by atoms with Gasteiger partial charge in [-0.05, 0) is 12.1 Å². The van der Waals surface area contributed by atoms with E-state index in [4.69, 9.17) is 10.5 Å². The third kappa shape index (κ3) is 3.29. The average Bonchev–Trinajstić information content (AvgIpc) is 2.97. The zero-order valence-electron chi connectivity index (χ0n) is 11.3. The highest BCUT2D eigenvalue weighted by atomic mass is 32.1. The van der Waals surface area contributed by atoms with E-state index in [0.717, 1.165) is 18.9 Å². The molecule has 1 aliphatic rings. The second-order valence-electron chi connectivity index (χ2n) is 4.50. The molecule has 0 unspecified atom stereocenters. The molecule has 3 heterocycles. The number of primary amides is 1. The largest absolute Gasteiger partial charge is 0.378 e. The molecule has 2 aromatic rings. The highest BCUT2D eigenvalue weighted by molar-refractivity contribution is 7.17. The molecular weight excluding hydrogens is 290 g/mol. The van der Waals surface area contributed by atoms with Crippen LogP contribution in [0.3, 0.4) is 0 Å². The number of carbonyl (C=O) groups excluding carboxylic acids is 1. The van der Waals surface area contributed by atoms with Gasteiger partial charge in [0.15, 0.2) is 5.13 Å². The maximum atomic E-state index is 11.1. The normalized spacial score (nSPS) is 15.0. The van der Waals surface area contributed by atoms with Crippen LogP contribution in [-0.4, -0.2) is 42.2 Å². The van der Waals surface area contributed by atoms with Gasteiger partial charge in [-0.25, -0.2) is 9.97 Å². The fourth-order valence-corrected chi connectivity index (χ4v) is 2.69. The second kappa shape index (κ2) is 6.06. The molecule has 3 N–H and O–H groups in total. The van der Waals surface area contributed by atoms with Crippen LogP contribution in [0, 0.1) is 0 Å². The Hall–Kier alpha value is -2.19. The lowest BCUT2D eigenvalue weighted by Gasteiger charge is -2.27. The Morgan fingerprint density at radius 1 is 1.38 bits per heavy atom. The number of carbonyl (C=O) groups is 1. The van der Waals surface area contributed by atoms with Crippen LogP contribution in [0.5, 0.6) is 0 Å². The highest BCUT2D eigenvalue weighted by Crippen LogP contribution is 2.23. The van der Waals surface area contributed by atoms with E-state index in [1.54, 1.807) is 0 Å². The Morgan fingerprint density at radius 3 is 2.90 bits per heavy atom. The molecule has 8 heteroatoms. The molecule has 7 nitrogen and oxygen atoms in total. The van der Waals surface area contributed by atoms with E-state index < -0.39 is 5.91 Å². The van der Waals surface area contributed by atoms with Gasteiger partial charge in [0.25, 0.3) is 5.91 Å². The average molecular weight is 305 g/mol. The first-order valence-corrected chi connectivity index (χ1v) is 7.36. The summed E-state index contributed by atoms with van der Waals surface area (Å²) in [6.45, 7) is 3.10. The Morgan fingerprint density at radius 2 is 2.19 bits per heavy atom. The highest BCUT2D eigenvalue weighted by Gasteiger charge is 2.13. The number of nitrogens with one attached hydrogen (secondary N) is 1. The molecule has 1 amide bonds. The lowest BCUT2D eigenvalue weighted by atomic mass is 10.3. The van der Waals surface area contributed by atoms with Gasteiger partial charge >= 0.3 is 0 Å². The molecule has 0 saturated carbocycles. The van der Waals surface area contributed by atoms with Gasteiger partial charge in [0.05, 0.1) is 19.4 Å². The molecule has 0 spiro atoms. The van der Waals surface area contributed by atoms with Gasteiger partial charge in [-0.15, -0.1) is 0 Å². The topological polar surface area (TPSA) is 93.4 Å². The molecular formula is C13H15N5O2S. The summed E-state index contributed by atoms with van der Waals surface area (Å²) >= 11 is 1.21. The van der Waals surface area contributed by atoms with Crippen molar-refractivity contribution in [2.75, 3.05) is 36.5 Å². The predicted molar refractivity (Wildman–Crippen MR) is 81.2 cm³/mol. The van der Waals surface area contributed by atoms with Crippen LogP contribution in [0.4, 0.5) is 16.8 Å². The van der Waals surface area contributed by atoms with E-state index in [1.165, 1.54) is 17.5 Å². The van der Waals surface area contributed by atoms with E-state index in [0.29, 0.717) is 29.0 Å². The number of hydrogen-bond donors (Lipinski definition) is 2. The Balaban J connectivity index is 1.74. The maximum absolute atomic E-state index is 11.1. The fraction of sp³-hybridized carbons (Fsp3) is 0.308. The van der Waals surface area contributed by atoms with E-state index in [-0.39, 0.29) is 0 Å². The molecule has 1 aliphatic heterocycles. The number of rotatable bonds is 4. The number of nitrogens with zero attached hydrogens (tertiary/aromatic N) is 3. The minimum atomic E-state index is -0.476. The van der Waals surface area contributed by atoms with E-state index in [9.17, 15) is 4.79 Å². The standard InChI is InChI=1S/C13H15N5O2S/c14-12(19)9-8-15-13(21-9)17-10-2-1-3-11(16-10)18-4-6-20-7-5-18/h1-3,8H,4-7H2,(H2,14,19)(H,15,16,17). The first-order valence-electron chi connectivity index (χ1n) is 6.55. The fourth-order valence-electron chi connectivity index (χ4n) is 2.02. The van der Waals surface area contributed by atoms with E-state index >= 15 is 0 Å². The molecule has 0 aliphatic carbocycles. The minimum Gasteiger partial charge on any atom is -0.378 e. The number of pyridine rings is 1. The predicted octanol–water partition coefficient (Wildman–Crippen LogP) is 1.22. The van der Waals surface area contributed by atoms with Crippen molar-refractivity contribution in [3.63, 3.8) is 0 Å². The van der Waals surface area contributed by atoms with Crippen molar-refractivity contribution in [2.24, 2.45) is 5.73 Å². The Labute approximate surface area is 125 Å². The van der Waals surface area contributed by atoms with E-state index in [1.807, 2.05) is 18.2 Å². The molecule has 0 radical (unpaired) electrons. The van der Waals surface area contributed by atoms with E-state index in [2.05, 4.69) is 20.2 Å². The van der Waals surface area contributed by atoms with Gasteiger partial charge in [-0.3, -0.25) is 4.79 Å². The molecule has 3 rings (SSSR count). The van der Waals surface area contributed by atoms with Crippen molar-refractivity contribution < 1.29 is 9.53 Å². The maximum Gasteiger partial charge on any atom is 0.260 e. The van der Waals surface area contributed by atoms with Crippen LogP contribution in [0.2, 0.25) is 0 Å². The van der Waals surface area contributed by atoms with Crippen molar-refractivity contribution in [2.45, 2.75) is 0 Å². The van der Waals surface area contributed by atoms with Crippen molar-refractivity contribution in [3.05, 3.63) is 29.3 Å². The molecule has 1 saturated heterocycles. The molecule has 0 atom stereocenters. The lowest BCUT2D eigenvalue weighted by molar-refractivity contribution is 0.100. The smallest absolute Gasteiger partial charge is 0.260 e. The molecule has 0 bridgehead atoms. The van der Waals surface area contributed by atoms with Gasteiger partial charge in [0, 0.05) is 13.1 Å². The zero-order valence-corrected chi connectivity index (χ0v) is 12.1. The van der Waals surface area contributed by atoms with Crippen molar-refractivity contribution in [1.82, 2.24) is 9.97 Å². The summed E-state index contributed by atoms with van der Waals surface area (Å²) in [5.41, 5.74) is 5.21. The van der Waals surface area contributed by atoms with Gasteiger partial charge in [-0.2, -0.15) is 0 Å². The SMILES string of the molecule is NC(=O)c1cnc(Nc2cccc(N3CCOCC3)n2)s1. The quantitative estimate of drug-likeness (QED) is 0.882. The summed E-state index contributed by atoms with van der Waals surface area (Å²) in [4.78, 5) is 22.3. The number of hydrogen-bond acceptors (Lipinski definition) is 7. The summed E-state index contributed by atoms with van der Waals surface area (Å²) < 4.78 is 5.34. The van der Waals surface area contributed by atoms with Gasteiger partial charge in [-0.1, -0.05) is 17.4 Å². The number of ether oxygens (including phenoxy) is 1. The van der Waals surface area contributed by atoms with Crippen LogP contribution >= 0.6 is 11.3 Å². The van der Waals surface area contributed by atoms with Gasteiger partial charge in [0.1, 0.15) is 16.5 Å². The molecule has 110 valence electrons. The van der Waals surface area contributed by atoms with Crippen molar-refractivity contribution >= 4 is 34.0 Å². The number of aromatic nitrogens is 2. The van der Waals surface area contributed by atoms with Crippen molar-refractivity contribution in [3.8, 4) is 0 Å². The number of nitrogens with two attached hydrogens (primary N) is 1. The molecule has 2 aromatic heterocycles. The lowest BCUT2D eigenvalue weighted by Crippen LogP contribution is -2.36. The summed E-state index contributed by atoms with van der Waals surface area (Å²) in [6, 6.07) is 5.76. The molecule has 0 aromatic carbocycles. The number of thiazole rings is 1. The van der Waals surface area contributed by atoms with Crippen LogP contribution in [0.15, 0.2) is 24.4 Å². The summed E-state index contributed by atoms with van der Waals surface area (Å²) in [5.74, 6) is 1.11. The number of anilines is 3. The van der Waals surface area contributed by atoms with Gasteiger partial charge in [0.2, 0.25) is 0 Å². The number of amides is 1. The monoisotopic (exact) mass is 305 g/mol. The molecule has 1 fully saturated rings. The van der Waals surface area contributed by atoms with Crippen LogP contribution in [-0.2, 0) is 4.74 Å².